The number of piperazine rings is 1. The fourth-order valence-electron chi connectivity index (χ4n) is 7.86. The topological polar surface area (TPSA) is 93.1 Å². The third-order valence-corrected chi connectivity index (χ3v) is 10.2. The summed E-state index contributed by atoms with van der Waals surface area (Å²) in [5.41, 5.74) is 0.822. The van der Waals surface area contributed by atoms with E-state index in [4.69, 9.17) is 9.47 Å². The number of halogens is 1. The third-order valence-electron chi connectivity index (χ3n) is 10.2. The van der Waals surface area contributed by atoms with Gasteiger partial charge in [-0.15, -0.1) is 0 Å². The highest BCUT2D eigenvalue weighted by Gasteiger charge is 2.54. The summed E-state index contributed by atoms with van der Waals surface area (Å²) in [4.78, 5) is 19.0. The second kappa shape index (κ2) is 12.1. The first-order valence-corrected chi connectivity index (χ1v) is 15.2. The molecule has 3 saturated heterocycles. The van der Waals surface area contributed by atoms with Gasteiger partial charge in [-0.3, -0.25) is 20.3 Å². The van der Waals surface area contributed by atoms with Gasteiger partial charge in [-0.25, -0.2) is 4.39 Å². The van der Waals surface area contributed by atoms with Crippen LogP contribution in [0.5, 0.6) is 0 Å². The second-order valence-corrected chi connectivity index (χ2v) is 12.4. The number of carbonyl (C=O) groups is 1. The lowest BCUT2D eigenvalue weighted by atomic mass is 9.69. The summed E-state index contributed by atoms with van der Waals surface area (Å²) in [7, 11) is 2.14. The zero-order chi connectivity index (χ0) is 28.6. The smallest absolute Gasteiger partial charge is 0.246 e. The Bertz CT molecular complexity index is 1160. The number of likely N-dealkylation sites (tertiary alicyclic amines) is 1. The Morgan fingerprint density at radius 3 is 2.90 bits per heavy atom. The number of ether oxygens (including phenoxy) is 2. The summed E-state index contributed by atoms with van der Waals surface area (Å²) in [6.45, 7) is 7.59. The predicted molar refractivity (Wildman–Crippen MR) is 152 cm³/mol. The molecule has 6 rings (SSSR count). The Morgan fingerprint density at radius 2 is 2.12 bits per heavy atom. The molecule has 1 amide bonds. The molecule has 0 bridgehead atoms. The van der Waals surface area contributed by atoms with Crippen molar-refractivity contribution in [2.75, 3.05) is 39.8 Å². The quantitative estimate of drug-likeness (QED) is 0.508. The first-order valence-electron chi connectivity index (χ1n) is 15.2. The van der Waals surface area contributed by atoms with Crippen molar-refractivity contribution in [1.82, 2.24) is 25.3 Å². The molecule has 1 spiro atoms. The molecule has 10 heteroatoms. The van der Waals surface area contributed by atoms with Gasteiger partial charge in [0.1, 0.15) is 5.60 Å². The minimum atomic E-state index is -1.18. The van der Waals surface area contributed by atoms with Gasteiger partial charge in [0.05, 0.1) is 37.9 Å². The number of rotatable bonds is 6. The van der Waals surface area contributed by atoms with Crippen LogP contribution in [0.4, 0.5) is 4.39 Å². The van der Waals surface area contributed by atoms with E-state index in [2.05, 4.69) is 40.1 Å². The Hall–Kier alpha value is -2.39. The van der Waals surface area contributed by atoms with E-state index in [9.17, 15) is 10.1 Å². The summed E-state index contributed by atoms with van der Waals surface area (Å²) in [5.74, 6) is 0.0678. The van der Waals surface area contributed by atoms with Crippen LogP contribution >= 0.6 is 0 Å². The van der Waals surface area contributed by atoms with Crippen molar-refractivity contribution in [2.45, 2.75) is 87.5 Å². The number of benzene rings is 1. The van der Waals surface area contributed by atoms with Crippen molar-refractivity contribution in [3.05, 3.63) is 48.0 Å². The molecule has 0 aromatic heterocycles. The first kappa shape index (κ1) is 28.7. The fraction of sp³-hybridized carbons (Fsp3) is 0.677. The molecule has 2 N–H and O–H groups in total. The highest BCUT2D eigenvalue weighted by molar-refractivity contribution is 5.87. The molecule has 0 radical (unpaired) electrons. The molecule has 4 aliphatic heterocycles. The predicted octanol–water partition coefficient (Wildman–Crippen LogP) is 2.66. The van der Waals surface area contributed by atoms with Crippen LogP contribution < -0.4 is 10.6 Å². The van der Waals surface area contributed by atoms with E-state index in [1.807, 2.05) is 24.3 Å². The van der Waals surface area contributed by atoms with Gasteiger partial charge in [0.15, 0.2) is 12.5 Å². The van der Waals surface area contributed by atoms with E-state index < -0.39 is 11.8 Å². The molecule has 1 aromatic rings. The van der Waals surface area contributed by atoms with Gasteiger partial charge in [0, 0.05) is 37.6 Å². The molecular weight excluding hydrogens is 523 g/mol. The Balaban J connectivity index is 1.22. The number of amides is 1. The van der Waals surface area contributed by atoms with Crippen LogP contribution in [0.2, 0.25) is 0 Å². The number of fused-ring (bicyclic) bond motifs is 2. The lowest BCUT2D eigenvalue weighted by molar-refractivity contribution is -0.178. The highest BCUT2D eigenvalue weighted by atomic mass is 19.1. The molecule has 222 valence electrons. The van der Waals surface area contributed by atoms with Gasteiger partial charge in [0.2, 0.25) is 5.91 Å². The SMILES string of the molecule is C=CC(=O)N1CCN(C2NC(OCC3CCCN3C)NC3C[C@]4(CCC32)OCc2ccccc2C4F)CC1CC#N. The maximum absolute atomic E-state index is 16.2. The molecular formula is C31H43FN6O3. The summed E-state index contributed by atoms with van der Waals surface area (Å²) in [6, 6.07) is 10.1. The Labute approximate surface area is 242 Å². The molecule has 4 heterocycles. The number of nitriles is 1. The van der Waals surface area contributed by atoms with Crippen LogP contribution in [0.25, 0.3) is 0 Å². The number of nitrogens with zero attached hydrogens (tertiary/aromatic N) is 4. The average Bonchev–Trinajstić information content (AvgIpc) is 3.41. The monoisotopic (exact) mass is 566 g/mol. The molecule has 4 fully saturated rings. The van der Waals surface area contributed by atoms with E-state index in [0.717, 1.165) is 30.5 Å². The van der Waals surface area contributed by atoms with Crippen molar-refractivity contribution in [1.29, 1.82) is 5.26 Å². The van der Waals surface area contributed by atoms with Crippen LogP contribution in [0.1, 0.15) is 55.8 Å². The lowest BCUT2D eigenvalue weighted by Gasteiger charge is -2.56. The Morgan fingerprint density at radius 1 is 1.27 bits per heavy atom. The molecule has 1 saturated carbocycles. The molecule has 9 nitrogen and oxygen atoms in total. The molecule has 41 heavy (non-hydrogen) atoms. The number of likely N-dealkylation sites (N-methyl/N-ethyl adjacent to an activating group) is 1. The summed E-state index contributed by atoms with van der Waals surface area (Å²) < 4.78 is 29.1. The van der Waals surface area contributed by atoms with Crippen molar-refractivity contribution in [3.63, 3.8) is 0 Å². The van der Waals surface area contributed by atoms with Gasteiger partial charge in [-0.05, 0) is 62.9 Å². The maximum Gasteiger partial charge on any atom is 0.246 e. The van der Waals surface area contributed by atoms with Crippen LogP contribution in [-0.4, -0.2) is 96.7 Å². The summed E-state index contributed by atoms with van der Waals surface area (Å²) >= 11 is 0. The van der Waals surface area contributed by atoms with E-state index in [0.29, 0.717) is 51.7 Å². The number of nitrogens with one attached hydrogen (secondary N) is 2. The van der Waals surface area contributed by atoms with Crippen molar-refractivity contribution in [2.24, 2.45) is 5.92 Å². The van der Waals surface area contributed by atoms with Gasteiger partial charge >= 0.3 is 0 Å². The molecule has 5 aliphatic rings. The summed E-state index contributed by atoms with van der Waals surface area (Å²) in [6.07, 6.45) is 4.30. The number of hydrogen-bond acceptors (Lipinski definition) is 8. The third kappa shape index (κ3) is 5.56. The fourth-order valence-corrected chi connectivity index (χ4v) is 7.86. The standard InChI is InChI=1S/C31H43FN6O3/c1-3-27(39)38-16-15-37(18-22(38)11-13-33)29-25-10-12-31(28(32)24-9-5-4-7-21(24)19-41-31)17-26(25)34-30(35-29)40-20-23-8-6-14-36(23)2/h3-5,7,9,22-23,25-26,28-30,34-35H,1,6,8,10-12,14-20H2,2H3/t22?,23?,25?,26?,28?,29?,30?,31-/m0/s1. The van der Waals surface area contributed by atoms with Gasteiger partial charge in [-0.2, -0.15) is 5.26 Å². The average molecular weight is 567 g/mol. The highest BCUT2D eigenvalue weighted by Crippen LogP contribution is 2.50. The number of alkyl halides is 1. The van der Waals surface area contributed by atoms with E-state index in [-0.39, 0.29) is 42.8 Å². The Kier molecular flexibility index (Phi) is 8.46. The van der Waals surface area contributed by atoms with Crippen LogP contribution in [0.3, 0.4) is 0 Å². The first-order chi connectivity index (χ1) is 19.9. The largest absolute Gasteiger partial charge is 0.367 e. The number of hydrogen-bond donors (Lipinski definition) is 2. The maximum atomic E-state index is 16.2. The summed E-state index contributed by atoms with van der Waals surface area (Å²) in [5, 5.41) is 16.9. The minimum Gasteiger partial charge on any atom is -0.367 e. The zero-order valence-electron chi connectivity index (χ0n) is 24.0. The van der Waals surface area contributed by atoms with Crippen molar-refractivity contribution >= 4 is 5.91 Å². The van der Waals surface area contributed by atoms with Crippen LogP contribution in [0.15, 0.2) is 36.9 Å². The van der Waals surface area contributed by atoms with Crippen molar-refractivity contribution < 1.29 is 18.7 Å². The van der Waals surface area contributed by atoms with Gasteiger partial charge in [-0.1, -0.05) is 30.8 Å². The van der Waals surface area contributed by atoms with E-state index in [1.54, 1.807) is 4.90 Å². The molecule has 1 aromatic carbocycles. The number of carbonyl (C=O) groups excluding carboxylic acids is 1. The van der Waals surface area contributed by atoms with E-state index in [1.165, 1.54) is 12.5 Å². The lowest BCUT2D eigenvalue weighted by Crippen LogP contribution is -2.73. The van der Waals surface area contributed by atoms with Crippen LogP contribution in [0, 0.1) is 17.2 Å². The molecule has 7 unspecified atom stereocenters. The minimum absolute atomic E-state index is 0.00734. The van der Waals surface area contributed by atoms with Gasteiger partial charge < -0.3 is 19.3 Å². The van der Waals surface area contributed by atoms with Crippen molar-refractivity contribution in [3.8, 4) is 6.07 Å². The van der Waals surface area contributed by atoms with Crippen LogP contribution in [-0.2, 0) is 20.9 Å². The van der Waals surface area contributed by atoms with E-state index >= 15 is 4.39 Å². The molecule has 1 aliphatic carbocycles. The molecule has 8 atom stereocenters. The zero-order valence-corrected chi connectivity index (χ0v) is 24.0. The normalized spacial score (nSPS) is 37.8. The second-order valence-electron chi connectivity index (χ2n) is 12.4. The van der Waals surface area contributed by atoms with Gasteiger partial charge in [0.25, 0.3) is 0 Å².